The second kappa shape index (κ2) is 47.8. The van der Waals surface area contributed by atoms with Crippen molar-refractivity contribution < 1.29 is 25.2 Å². The maximum atomic E-state index is 12.6. The molecule has 0 aliphatic heterocycles. The first-order chi connectivity index (χ1) is 29.0. The highest BCUT2D eigenvalue weighted by atomic mass is 16.3. The van der Waals surface area contributed by atoms with Gasteiger partial charge in [0.25, 0.3) is 0 Å². The van der Waals surface area contributed by atoms with Crippen LogP contribution in [-0.2, 0) is 4.79 Å². The normalized spacial score (nSPS) is 14.1. The number of unbranched alkanes of at least 4 members (excludes halogenated alkanes) is 35. The van der Waals surface area contributed by atoms with E-state index in [2.05, 4.69) is 43.5 Å². The topological polar surface area (TPSA) is 110 Å². The van der Waals surface area contributed by atoms with E-state index in [0.29, 0.717) is 12.8 Å². The maximum absolute atomic E-state index is 12.6. The van der Waals surface area contributed by atoms with Gasteiger partial charge >= 0.3 is 0 Å². The molecule has 0 saturated carbocycles. The van der Waals surface area contributed by atoms with Crippen molar-refractivity contribution in [1.29, 1.82) is 0 Å². The van der Waals surface area contributed by atoms with Crippen LogP contribution in [0.2, 0.25) is 0 Å². The van der Waals surface area contributed by atoms with E-state index in [1.54, 1.807) is 0 Å². The van der Waals surface area contributed by atoms with Gasteiger partial charge in [-0.1, -0.05) is 237 Å². The van der Waals surface area contributed by atoms with E-state index >= 15 is 0 Å². The number of amides is 1. The Balaban J connectivity index is 3.69. The molecule has 0 aromatic carbocycles. The number of rotatable bonds is 48. The molecule has 350 valence electrons. The molecule has 5 N–H and O–H groups in total. The summed E-state index contributed by atoms with van der Waals surface area (Å²) < 4.78 is 0. The Morgan fingerprint density at radius 2 is 0.695 bits per heavy atom. The molecule has 0 aliphatic rings. The molecule has 0 radical (unpaired) electrons. The molecule has 4 unspecified atom stereocenters. The fourth-order valence-corrected chi connectivity index (χ4v) is 8.22. The van der Waals surface area contributed by atoms with Gasteiger partial charge in [0.15, 0.2) is 0 Å². The summed E-state index contributed by atoms with van der Waals surface area (Å²) in [6.07, 6.45) is 56.6. The van der Waals surface area contributed by atoms with Crippen molar-refractivity contribution in [2.75, 3.05) is 6.61 Å². The minimum atomic E-state index is -1.28. The molecule has 1 amide bonds. The number of carbonyl (C=O) groups is 1. The number of allylic oxidation sites excluding steroid dienone is 4. The molecule has 0 heterocycles. The first-order valence-corrected chi connectivity index (χ1v) is 26.2. The van der Waals surface area contributed by atoms with Crippen LogP contribution in [0, 0.1) is 0 Å². The second-order valence-electron chi connectivity index (χ2n) is 18.2. The van der Waals surface area contributed by atoms with E-state index < -0.39 is 36.9 Å². The van der Waals surface area contributed by atoms with Crippen molar-refractivity contribution in [3.05, 3.63) is 24.3 Å². The third kappa shape index (κ3) is 41.9. The zero-order valence-electron chi connectivity index (χ0n) is 39.5. The lowest BCUT2D eigenvalue weighted by Crippen LogP contribution is -2.53. The Morgan fingerprint density at radius 3 is 1.02 bits per heavy atom. The van der Waals surface area contributed by atoms with Crippen LogP contribution in [0.25, 0.3) is 0 Å². The van der Waals surface area contributed by atoms with Crippen molar-refractivity contribution in [1.82, 2.24) is 5.32 Å². The minimum absolute atomic E-state index is 0.361. The Hall–Kier alpha value is -1.21. The standard InChI is InChI=1S/C53H103NO5/c1-3-5-7-9-11-13-15-17-19-21-23-24-25-26-27-29-31-33-35-37-39-41-43-45-47-51(57)53(59)54-49(48-55)52(58)50(56)46-44-42-40-38-36-34-32-30-28-22-20-18-16-14-12-10-8-6-4-2/h26-27,38,40,49-52,55-58H,3-25,28-37,39,41-48H2,1-2H3,(H,54,59)/b27-26-,40-38+. The van der Waals surface area contributed by atoms with Crippen LogP contribution in [0.1, 0.15) is 277 Å². The molecule has 0 bridgehead atoms. The van der Waals surface area contributed by atoms with Gasteiger partial charge in [0.2, 0.25) is 5.91 Å². The SMILES string of the molecule is CCCCCCCCCCCCCC/C=C\CCCCCCCCCCC(O)C(=O)NC(CO)C(O)C(O)CCC/C=C/CCCCCCCCCCCCCCCC. The summed E-state index contributed by atoms with van der Waals surface area (Å²) in [4.78, 5) is 12.6. The molecular formula is C53H103NO5. The molecular weight excluding hydrogens is 731 g/mol. The number of hydrogen-bond acceptors (Lipinski definition) is 5. The first kappa shape index (κ1) is 57.8. The monoisotopic (exact) mass is 834 g/mol. The average molecular weight is 834 g/mol. The molecule has 0 rings (SSSR count). The Labute approximate surface area is 367 Å². The van der Waals surface area contributed by atoms with E-state index in [4.69, 9.17) is 0 Å². The molecule has 0 saturated heterocycles. The van der Waals surface area contributed by atoms with Gasteiger partial charge in [-0.05, 0) is 64.2 Å². The molecule has 6 nitrogen and oxygen atoms in total. The lowest BCUT2D eigenvalue weighted by Gasteiger charge is -2.27. The zero-order valence-corrected chi connectivity index (χ0v) is 39.5. The molecule has 0 aromatic heterocycles. The van der Waals surface area contributed by atoms with Gasteiger partial charge in [-0.25, -0.2) is 0 Å². The van der Waals surface area contributed by atoms with Crippen molar-refractivity contribution in [3.8, 4) is 0 Å². The number of carbonyl (C=O) groups excluding carboxylic acids is 1. The van der Waals surface area contributed by atoms with Crippen LogP contribution in [-0.4, -0.2) is 57.3 Å². The highest BCUT2D eigenvalue weighted by Gasteiger charge is 2.28. The minimum Gasteiger partial charge on any atom is -0.394 e. The van der Waals surface area contributed by atoms with Crippen molar-refractivity contribution >= 4 is 5.91 Å². The Kier molecular flexibility index (Phi) is 46.9. The first-order valence-electron chi connectivity index (χ1n) is 26.2. The van der Waals surface area contributed by atoms with Crippen molar-refractivity contribution in [2.24, 2.45) is 0 Å². The molecule has 0 aliphatic carbocycles. The largest absolute Gasteiger partial charge is 0.394 e. The predicted octanol–water partition coefficient (Wildman–Crippen LogP) is 14.7. The average Bonchev–Trinajstić information content (AvgIpc) is 3.24. The molecule has 0 spiro atoms. The van der Waals surface area contributed by atoms with E-state index in [9.17, 15) is 25.2 Å². The van der Waals surface area contributed by atoms with Crippen LogP contribution in [0.3, 0.4) is 0 Å². The van der Waals surface area contributed by atoms with E-state index in [1.807, 2.05) is 0 Å². The summed E-state index contributed by atoms with van der Waals surface area (Å²) in [5.41, 5.74) is 0. The van der Waals surface area contributed by atoms with E-state index in [1.165, 1.54) is 212 Å². The Morgan fingerprint density at radius 1 is 0.407 bits per heavy atom. The second-order valence-corrected chi connectivity index (χ2v) is 18.2. The number of nitrogens with one attached hydrogen (secondary N) is 1. The maximum Gasteiger partial charge on any atom is 0.249 e. The third-order valence-electron chi connectivity index (χ3n) is 12.4. The molecule has 6 heteroatoms. The van der Waals surface area contributed by atoms with E-state index in [0.717, 1.165) is 38.5 Å². The van der Waals surface area contributed by atoms with Crippen LogP contribution < -0.4 is 5.32 Å². The van der Waals surface area contributed by atoms with E-state index in [-0.39, 0.29) is 0 Å². The summed E-state index contributed by atoms with van der Waals surface area (Å²) >= 11 is 0. The van der Waals surface area contributed by atoms with Crippen LogP contribution in [0.15, 0.2) is 24.3 Å². The Bertz CT molecular complexity index is 893. The van der Waals surface area contributed by atoms with Crippen LogP contribution in [0.4, 0.5) is 0 Å². The third-order valence-corrected chi connectivity index (χ3v) is 12.4. The van der Waals surface area contributed by atoms with Gasteiger partial charge < -0.3 is 25.7 Å². The van der Waals surface area contributed by atoms with Gasteiger partial charge in [0.1, 0.15) is 12.2 Å². The lowest BCUT2D eigenvalue weighted by molar-refractivity contribution is -0.132. The summed E-state index contributed by atoms with van der Waals surface area (Å²) in [6.45, 7) is 4.07. The zero-order chi connectivity index (χ0) is 43.1. The number of aliphatic hydroxyl groups is 4. The smallest absolute Gasteiger partial charge is 0.249 e. The summed E-state index contributed by atoms with van der Waals surface area (Å²) in [7, 11) is 0. The van der Waals surface area contributed by atoms with Gasteiger partial charge in [0.05, 0.1) is 18.8 Å². The van der Waals surface area contributed by atoms with Gasteiger partial charge in [0, 0.05) is 0 Å². The van der Waals surface area contributed by atoms with Gasteiger partial charge in [-0.3, -0.25) is 4.79 Å². The molecule has 59 heavy (non-hydrogen) atoms. The number of aliphatic hydroxyl groups excluding tert-OH is 4. The fourth-order valence-electron chi connectivity index (χ4n) is 8.22. The number of hydrogen-bond donors (Lipinski definition) is 5. The van der Waals surface area contributed by atoms with Crippen molar-refractivity contribution in [2.45, 2.75) is 301 Å². The quantitative estimate of drug-likeness (QED) is 0.0310. The van der Waals surface area contributed by atoms with Crippen molar-refractivity contribution in [3.63, 3.8) is 0 Å². The van der Waals surface area contributed by atoms with Crippen LogP contribution in [0.5, 0.6) is 0 Å². The highest BCUT2D eigenvalue weighted by molar-refractivity contribution is 5.80. The van der Waals surface area contributed by atoms with Gasteiger partial charge in [-0.2, -0.15) is 0 Å². The fraction of sp³-hybridized carbons (Fsp3) is 0.906. The van der Waals surface area contributed by atoms with Gasteiger partial charge in [-0.15, -0.1) is 0 Å². The van der Waals surface area contributed by atoms with Crippen LogP contribution >= 0.6 is 0 Å². The highest BCUT2D eigenvalue weighted by Crippen LogP contribution is 2.17. The molecule has 0 fully saturated rings. The molecule has 0 aromatic rings. The summed E-state index contributed by atoms with van der Waals surface area (Å²) in [5.74, 6) is -0.593. The predicted molar refractivity (Wildman–Crippen MR) is 256 cm³/mol. The lowest BCUT2D eigenvalue weighted by atomic mass is 10.00. The summed E-state index contributed by atoms with van der Waals surface area (Å²) in [6, 6.07) is -1.00. The summed E-state index contributed by atoms with van der Waals surface area (Å²) in [5, 5.41) is 43.9. The molecule has 4 atom stereocenters.